The third-order valence-electron chi connectivity index (χ3n) is 4.65. The van der Waals surface area contributed by atoms with Crippen molar-refractivity contribution in [2.45, 2.75) is 58.4 Å². The number of anilines is 1. The summed E-state index contributed by atoms with van der Waals surface area (Å²) in [6.45, 7) is 9.44. The van der Waals surface area contributed by atoms with Gasteiger partial charge in [0.2, 0.25) is 5.91 Å². The van der Waals surface area contributed by atoms with Crippen LogP contribution in [0.2, 0.25) is 0 Å². The lowest BCUT2D eigenvalue weighted by atomic mass is 10.1. The number of hydrogen-bond donors (Lipinski definition) is 1. The maximum absolute atomic E-state index is 13.4. The molecule has 0 aromatic heterocycles. The van der Waals surface area contributed by atoms with Gasteiger partial charge in [0.25, 0.3) is 10.0 Å². The molecular weight excluding hydrogens is 372 g/mol. The van der Waals surface area contributed by atoms with Gasteiger partial charge in [-0.05, 0) is 57.9 Å². The van der Waals surface area contributed by atoms with Crippen molar-refractivity contribution in [3.8, 4) is 0 Å². The van der Waals surface area contributed by atoms with E-state index in [1.807, 2.05) is 46.8 Å². The third kappa shape index (κ3) is 5.35. The maximum atomic E-state index is 13.4. The summed E-state index contributed by atoms with van der Waals surface area (Å²) < 4.78 is 28.0. The largest absolute Gasteiger partial charge is 0.352 e. The van der Waals surface area contributed by atoms with Gasteiger partial charge in [-0.2, -0.15) is 0 Å². The van der Waals surface area contributed by atoms with Gasteiger partial charge in [-0.15, -0.1) is 0 Å². The molecule has 1 atom stereocenters. The van der Waals surface area contributed by atoms with Crippen molar-refractivity contribution in [3.05, 3.63) is 59.2 Å². The Morgan fingerprint density at radius 3 is 2.21 bits per heavy atom. The first-order chi connectivity index (χ1) is 13.1. The predicted octanol–water partition coefficient (Wildman–Crippen LogP) is 4.11. The lowest BCUT2D eigenvalue weighted by molar-refractivity contribution is -0.120. The summed E-state index contributed by atoms with van der Waals surface area (Å²) in [7, 11) is -3.88. The Bertz CT molecular complexity index is 921. The van der Waals surface area contributed by atoms with Crippen molar-refractivity contribution in [3.63, 3.8) is 0 Å². The van der Waals surface area contributed by atoms with Crippen LogP contribution >= 0.6 is 0 Å². The summed E-state index contributed by atoms with van der Waals surface area (Å²) in [5, 5.41) is 2.90. The first kappa shape index (κ1) is 22.0. The molecule has 1 N–H and O–H groups in total. The fourth-order valence-electron chi connectivity index (χ4n) is 3.18. The number of carbonyl (C=O) groups is 1. The number of sulfonamides is 1. The fraction of sp³-hybridized carbons (Fsp3) is 0.409. The molecule has 0 aliphatic heterocycles. The summed E-state index contributed by atoms with van der Waals surface area (Å²) >= 11 is 0. The number of nitrogens with one attached hydrogen (secondary N) is 1. The first-order valence-corrected chi connectivity index (χ1v) is 11.0. The zero-order valence-electron chi connectivity index (χ0n) is 17.3. The molecule has 0 fully saturated rings. The average molecular weight is 403 g/mol. The molecule has 0 spiro atoms. The SMILES string of the molecule is CCC[C@H](C)NC(=O)CN(c1ccc(C)cc1C)S(=O)(=O)c1ccc(C)cc1. The highest BCUT2D eigenvalue weighted by Crippen LogP contribution is 2.27. The second-order valence-electron chi connectivity index (χ2n) is 7.37. The van der Waals surface area contributed by atoms with Crippen LogP contribution in [0.25, 0.3) is 0 Å². The van der Waals surface area contributed by atoms with Crippen LogP contribution in [0, 0.1) is 20.8 Å². The molecule has 0 bridgehead atoms. The molecule has 6 heteroatoms. The van der Waals surface area contributed by atoms with Crippen LogP contribution in [0.1, 0.15) is 43.4 Å². The maximum Gasteiger partial charge on any atom is 0.264 e. The standard InChI is InChI=1S/C22H30N2O3S/c1-6-7-19(5)23-22(25)15-24(21-13-10-17(3)14-18(21)4)28(26,27)20-11-8-16(2)9-12-20/h8-14,19H,6-7,15H2,1-5H3,(H,23,25)/t19-/m0/s1. The highest BCUT2D eigenvalue weighted by Gasteiger charge is 2.28. The predicted molar refractivity (Wildman–Crippen MR) is 114 cm³/mol. The van der Waals surface area contributed by atoms with Crippen LogP contribution in [-0.2, 0) is 14.8 Å². The highest BCUT2D eigenvalue weighted by atomic mass is 32.2. The van der Waals surface area contributed by atoms with Crippen LogP contribution in [-0.4, -0.2) is 26.9 Å². The van der Waals surface area contributed by atoms with Crippen molar-refractivity contribution in [1.29, 1.82) is 0 Å². The summed E-state index contributed by atoms with van der Waals surface area (Å²) in [5.41, 5.74) is 3.34. The number of carbonyl (C=O) groups excluding carboxylic acids is 1. The topological polar surface area (TPSA) is 66.5 Å². The van der Waals surface area contributed by atoms with E-state index in [-0.39, 0.29) is 23.4 Å². The molecule has 2 rings (SSSR count). The molecule has 0 radical (unpaired) electrons. The minimum absolute atomic E-state index is 0.000503. The number of nitrogens with zero attached hydrogens (tertiary/aromatic N) is 1. The van der Waals surface area contributed by atoms with Gasteiger partial charge >= 0.3 is 0 Å². The Morgan fingerprint density at radius 1 is 1.04 bits per heavy atom. The van der Waals surface area contributed by atoms with Crippen molar-refractivity contribution in [1.82, 2.24) is 5.32 Å². The van der Waals surface area contributed by atoms with Crippen molar-refractivity contribution >= 4 is 21.6 Å². The summed E-state index contributed by atoms with van der Waals surface area (Å²) in [5.74, 6) is -0.309. The van der Waals surface area contributed by atoms with Gasteiger partial charge in [0.1, 0.15) is 6.54 Å². The summed E-state index contributed by atoms with van der Waals surface area (Å²) in [4.78, 5) is 12.8. The molecule has 28 heavy (non-hydrogen) atoms. The smallest absolute Gasteiger partial charge is 0.264 e. The Balaban J connectivity index is 2.44. The van der Waals surface area contributed by atoms with Crippen molar-refractivity contribution < 1.29 is 13.2 Å². The van der Waals surface area contributed by atoms with Gasteiger partial charge in [0, 0.05) is 6.04 Å². The number of rotatable bonds is 8. The minimum atomic E-state index is -3.88. The lowest BCUT2D eigenvalue weighted by Gasteiger charge is -2.26. The van der Waals surface area contributed by atoms with Crippen LogP contribution in [0.3, 0.4) is 0 Å². The molecular formula is C22H30N2O3S. The van der Waals surface area contributed by atoms with E-state index in [0.29, 0.717) is 5.69 Å². The van der Waals surface area contributed by atoms with E-state index >= 15 is 0 Å². The summed E-state index contributed by atoms with van der Waals surface area (Å²) in [6, 6.07) is 12.2. The van der Waals surface area contributed by atoms with E-state index in [1.165, 1.54) is 4.31 Å². The minimum Gasteiger partial charge on any atom is -0.352 e. The van der Waals surface area contributed by atoms with E-state index in [2.05, 4.69) is 5.32 Å². The highest BCUT2D eigenvalue weighted by molar-refractivity contribution is 7.92. The van der Waals surface area contributed by atoms with Crippen LogP contribution in [0.5, 0.6) is 0 Å². The van der Waals surface area contributed by atoms with Crippen molar-refractivity contribution in [2.75, 3.05) is 10.8 Å². The molecule has 0 aliphatic carbocycles. The fourth-order valence-corrected chi connectivity index (χ4v) is 4.66. The average Bonchev–Trinajstić information content (AvgIpc) is 2.60. The number of aryl methyl sites for hydroxylation is 3. The molecule has 1 amide bonds. The second-order valence-corrected chi connectivity index (χ2v) is 9.23. The molecule has 0 heterocycles. The molecule has 0 unspecified atom stereocenters. The summed E-state index contributed by atoms with van der Waals surface area (Å²) in [6.07, 6.45) is 1.80. The van der Waals surface area contributed by atoms with Gasteiger partial charge in [-0.25, -0.2) is 8.42 Å². The first-order valence-electron chi connectivity index (χ1n) is 9.61. The Kier molecular flexibility index (Phi) is 7.24. The molecule has 0 saturated carbocycles. The van der Waals surface area contributed by atoms with Crippen LogP contribution in [0.15, 0.2) is 47.4 Å². The zero-order valence-corrected chi connectivity index (χ0v) is 18.1. The van der Waals surface area contributed by atoms with E-state index in [4.69, 9.17) is 0 Å². The molecule has 2 aromatic rings. The van der Waals surface area contributed by atoms with Gasteiger partial charge in [-0.1, -0.05) is 48.7 Å². The van der Waals surface area contributed by atoms with Gasteiger partial charge in [-0.3, -0.25) is 9.10 Å². The van der Waals surface area contributed by atoms with Crippen LogP contribution < -0.4 is 9.62 Å². The third-order valence-corrected chi connectivity index (χ3v) is 6.42. The molecule has 0 saturated heterocycles. The molecule has 5 nitrogen and oxygen atoms in total. The molecule has 0 aliphatic rings. The number of amides is 1. The van der Waals surface area contributed by atoms with E-state index in [9.17, 15) is 13.2 Å². The molecule has 152 valence electrons. The van der Waals surface area contributed by atoms with E-state index in [1.54, 1.807) is 30.3 Å². The number of hydrogen-bond acceptors (Lipinski definition) is 3. The lowest BCUT2D eigenvalue weighted by Crippen LogP contribution is -2.43. The van der Waals surface area contributed by atoms with Gasteiger partial charge < -0.3 is 5.32 Å². The normalized spacial score (nSPS) is 12.5. The zero-order chi connectivity index (χ0) is 20.9. The van der Waals surface area contributed by atoms with Crippen molar-refractivity contribution in [2.24, 2.45) is 0 Å². The quantitative estimate of drug-likeness (QED) is 0.722. The monoisotopic (exact) mass is 402 g/mol. The van der Waals surface area contributed by atoms with E-state index in [0.717, 1.165) is 29.5 Å². The second kappa shape index (κ2) is 9.24. The van der Waals surface area contributed by atoms with Gasteiger partial charge in [0.05, 0.1) is 10.6 Å². The van der Waals surface area contributed by atoms with Crippen LogP contribution in [0.4, 0.5) is 5.69 Å². The van der Waals surface area contributed by atoms with E-state index < -0.39 is 10.0 Å². The van der Waals surface area contributed by atoms with Gasteiger partial charge in [0.15, 0.2) is 0 Å². The number of benzene rings is 2. The Morgan fingerprint density at radius 2 is 1.64 bits per heavy atom. The molecule has 2 aromatic carbocycles. The Labute approximate surface area is 168 Å². The Hall–Kier alpha value is -2.34.